The third-order valence-electron chi connectivity index (χ3n) is 17.6. The Bertz CT molecular complexity index is 4600. The molecular formula is C75H56BN3S2. The van der Waals surface area contributed by atoms with Crippen LogP contribution in [0.1, 0.15) is 51.3 Å². The van der Waals surface area contributed by atoms with Crippen molar-refractivity contribution in [2.24, 2.45) is 0 Å². The van der Waals surface area contributed by atoms with Gasteiger partial charge in [-0.15, -0.1) is 22.7 Å². The normalized spacial score (nSPS) is 13.8. The number of hydrogen-bond donors (Lipinski definition) is 0. The predicted octanol–water partition coefficient (Wildman–Crippen LogP) is 19.8. The van der Waals surface area contributed by atoms with Crippen LogP contribution in [0.3, 0.4) is 0 Å². The number of rotatable bonds is 7. The van der Waals surface area contributed by atoms with Crippen LogP contribution in [0, 0.1) is 0 Å². The second-order valence-electron chi connectivity index (χ2n) is 23.6. The van der Waals surface area contributed by atoms with Gasteiger partial charge in [-0.3, -0.25) is 0 Å². The van der Waals surface area contributed by atoms with E-state index in [0.29, 0.717) is 0 Å². The number of nitrogens with zero attached hydrogens (tertiary/aromatic N) is 3. The SMILES string of the molecule is CC(C)(C)c1ccc(N2c3cccc4c3B(c3ccc(N(c5ccccc5-c5ccccc5)c5ccccc5-c5ccccc5)cc3N4c3cccc4sc5ccccc5c34)c3sc4cc5c(cc4c32)-c2ccccc2C5(C)C)cc1. The third kappa shape index (κ3) is 7.26. The molecule has 4 heterocycles. The van der Waals surface area contributed by atoms with Gasteiger partial charge in [-0.05, 0) is 134 Å². The molecule has 0 bridgehead atoms. The maximum atomic E-state index is 2.63. The summed E-state index contributed by atoms with van der Waals surface area (Å²) in [5.41, 5.74) is 24.5. The number of benzene rings is 11. The van der Waals surface area contributed by atoms with Gasteiger partial charge in [0, 0.05) is 80.0 Å². The number of hydrogen-bond acceptors (Lipinski definition) is 5. The lowest BCUT2D eigenvalue weighted by atomic mass is 9.36. The van der Waals surface area contributed by atoms with Crippen molar-refractivity contribution < 1.29 is 0 Å². The van der Waals surface area contributed by atoms with Gasteiger partial charge in [0.15, 0.2) is 0 Å². The van der Waals surface area contributed by atoms with Crippen molar-refractivity contribution in [3.63, 3.8) is 0 Å². The number of anilines is 9. The summed E-state index contributed by atoms with van der Waals surface area (Å²) in [6.07, 6.45) is 0. The highest BCUT2D eigenvalue weighted by molar-refractivity contribution is 7.33. The molecule has 11 aromatic carbocycles. The van der Waals surface area contributed by atoms with Crippen LogP contribution in [0.5, 0.6) is 0 Å². The van der Waals surface area contributed by atoms with E-state index in [-0.39, 0.29) is 17.5 Å². The molecule has 0 unspecified atom stereocenters. The third-order valence-corrected chi connectivity index (χ3v) is 19.9. The number of thiophene rings is 2. The standard InChI is InChI=1S/C75H56BN3S2/c1-74(2,3)49-38-40-50(41-39-49)78-64-34-20-35-65-71(64)76(73-72(78)57-45-56-54-28-12-16-30-58(54)75(4,5)59(56)46-69(57)81-73)60-43-42-51(44-66(60)79(65)63-33-21-37-68-70(63)55-29-15-19-36-67(55)80-68)77(61-31-17-13-26-52(61)47-22-8-6-9-23-47)62-32-18-14-27-53(62)48-24-10-7-11-25-48/h6-46H,1-5H3. The summed E-state index contributed by atoms with van der Waals surface area (Å²) in [6.45, 7) is 11.7. The quantitative estimate of drug-likeness (QED) is 0.147. The summed E-state index contributed by atoms with van der Waals surface area (Å²) in [5, 5.41) is 3.85. The van der Waals surface area contributed by atoms with Gasteiger partial charge in [-0.25, -0.2) is 0 Å². The molecule has 3 nitrogen and oxygen atoms in total. The Balaban J connectivity index is 1.01. The van der Waals surface area contributed by atoms with Crippen molar-refractivity contribution >= 4 is 127 Å². The summed E-state index contributed by atoms with van der Waals surface area (Å²) in [7, 11) is 0. The van der Waals surface area contributed by atoms with E-state index in [1.54, 1.807) is 0 Å². The lowest BCUT2D eigenvalue weighted by Gasteiger charge is -2.43. The van der Waals surface area contributed by atoms with E-state index in [1.807, 2.05) is 22.7 Å². The van der Waals surface area contributed by atoms with Crippen LogP contribution in [0.25, 0.3) is 63.6 Å². The highest BCUT2D eigenvalue weighted by Gasteiger charge is 2.47. The molecule has 3 aliphatic rings. The Kier molecular flexibility index (Phi) is 10.7. The van der Waals surface area contributed by atoms with Gasteiger partial charge in [-0.2, -0.15) is 0 Å². The van der Waals surface area contributed by atoms with E-state index in [1.165, 1.54) is 119 Å². The molecule has 0 amide bonds. The zero-order chi connectivity index (χ0) is 54.3. The second-order valence-corrected chi connectivity index (χ2v) is 25.8. The van der Waals surface area contributed by atoms with Crippen LogP contribution in [-0.4, -0.2) is 6.71 Å². The summed E-state index contributed by atoms with van der Waals surface area (Å²) >= 11 is 3.87. The lowest BCUT2D eigenvalue weighted by molar-refractivity contribution is 0.590. The minimum absolute atomic E-state index is 0.0111. The van der Waals surface area contributed by atoms with Crippen molar-refractivity contribution in [1.82, 2.24) is 0 Å². The van der Waals surface area contributed by atoms with E-state index in [4.69, 9.17) is 0 Å². The van der Waals surface area contributed by atoms with Gasteiger partial charge in [0.2, 0.25) is 0 Å². The van der Waals surface area contributed by atoms with Crippen molar-refractivity contribution in [1.29, 1.82) is 0 Å². The van der Waals surface area contributed by atoms with Crippen molar-refractivity contribution in [3.8, 4) is 33.4 Å². The monoisotopic (exact) mass is 1070 g/mol. The van der Waals surface area contributed by atoms with Gasteiger partial charge in [-0.1, -0.05) is 204 Å². The fourth-order valence-electron chi connectivity index (χ4n) is 13.8. The largest absolute Gasteiger partial charge is 0.311 e. The maximum absolute atomic E-state index is 2.63. The zero-order valence-electron chi connectivity index (χ0n) is 45.9. The smallest absolute Gasteiger partial charge is 0.264 e. The van der Waals surface area contributed by atoms with E-state index < -0.39 is 0 Å². The van der Waals surface area contributed by atoms with E-state index in [2.05, 4.69) is 298 Å². The van der Waals surface area contributed by atoms with Crippen LogP contribution in [0.15, 0.2) is 249 Å². The molecule has 0 atom stereocenters. The Labute approximate surface area is 482 Å². The van der Waals surface area contributed by atoms with Crippen LogP contribution < -0.4 is 30.4 Å². The second kappa shape index (κ2) is 18.0. The number of fused-ring (bicyclic) bond motifs is 12. The van der Waals surface area contributed by atoms with Crippen LogP contribution in [0.2, 0.25) is 0 Å². The molecule has 386 valence electrons. The summed E-state index contributed by atoms with van der Waals surface area (Å²) in [4.78, 5) is 7.77. The first-order valence-corrected chi connectivity index (χ1v) is 29.9. The lowest BCUT2D eigenvalue weighted by Crippen LogP contribution is -2.60. The molecule has 2 aliphatic heterocycles. The molecule has 1 aliphatic carbocycles. The van der Waals surface area contributed by atoms with Gasteiger partial charge in [0.25, 0.3) is 6.71 Å². The fraction of sp³-hybridized carbons (Fsp3) is 0.0933. The number of para-hydroxylation sites is 2. The molecule has 0 N–H and O–H groups in total. The molecule has 0 spiro atoms. The molecule has 0 saturated heterocycles. The van der Waals surface area contributed by atoms with Crippen LogP contribution in [0.4, 0.5) is 51.2 Å². The highest BCUT2D eigenvalue weighted by atomic mass is 32.1. The Hall–Kier alpha value is -8.94. The molecule has 2 aromatic heterocycles. The Morgan fingerprint density at radius 2 is 1.02 bits per heavy atom. The summed E-state index contributed by atoms with van der Waals surface area (Å²) in [5.74, 6) is 0. The molecule has 16 rings (SSSR count). The van der Waals surface area contributed by atoms with Crippen molar-refractivity contribution in [2.45, 2.75) is 45.4 Å². The fourth-order valence-corrected chi connectivity index (χ4v) is 16.3. The molecule has 0 radical (unpaired) electrons. The molecule has 0 saturated carbocycles. The average Bonchev–Trinajstić information content (AvgIpc) is 4.13. The first kappa shape index (κ1) is 48.0. The van der Waals surface area contributed by atoms with Gasteiger partial charge < -0.3 is 14.7 Å². The van der Waals surface area contributed by atoms with Crippen LogP contribution >= 0.6 is 22.7 Å². The average molecular weight is 1070 g/mol. The minimum atomic E-state index is -0.130. The van der Waals surface area contributed by atoms with Gasteiger partial charge in [0.05, 0.1) is 22.7 Å². The molecule has 81 heavy (non-hydrogen) atoms. The zero-order valence-corrected chi connectivity index (χ0v) is 47.5. The predicted molar refractivity (Wildman–Crippen MR) is 351 cm³/mol. The summed E-state index contributed by atoms with van der Waals surface area (Å²) in [6, 6.07) is 93.6. The van der Waals surface area contributed by atoms with Crippen LogP contribution in [-0.2, 0) is 10.8 Å². The molecule has 0 fully saturated rings. The first-order chi connectivity index (χ1) is 39.6. The minimum Gasteiger partial charge on any atom is -0.311 e. The summed E-state index contributed by atoms with van der Waals surface area (Å²) < 4.78 is 5.26. The van der Waals surface area contributed by atoms with E-state index in [0.717, 1.165) is 28.2 Å². The Morgan fingerprint density at radius 1 is 0.432 bits per heavy atom. The maximum Gasteiger partial charge on any atom is 0.264 e. The first-order valence-electron chi connectivity index (χ1n) is 28.3. The molecular weight excluding hydrogens is 1020 g/mol. The highest BCUT2D eigenvalue weighted by Crippen LogP contribution is 2.55. The van der Waals surface area contributed by atoms with Gasteiger partial charge in [0.1, 0.15) is 0 Å². The topological polar surface area (TPSA) is 9.72 Å². The molecule has 6 heteroatoms. The van der Waals surface area contributed by atoms with Crippen molar-refractivity contribution in [2.75, 3.05) is 14.7 Å². The van der Waals surface area contributed by atoms with E-state index in [9.17, 15) is 0 Å². The van der Waals surface area contributed by atoms with E-state index >= 15 is 0 Å². The molecule has 13 aromatic rings. The van der Waals surface area contributed by atoms with Crippen molar-refractivity contribution in [3.05, 3.63) is 265 Å². The van der Waals surface area contributed by atoms with Gasteiger partial charge >= 0.3 is 0 Å². The Morgan fingerprint density at radius 3 is 1.73 bits per heavy atom.